The number of aromatic nitrogens is 5. The average Bonchev–Trinajstić information content (AvgIpc) is 3.46. The second-order valence-corrected chi connectivity index (χ2v) is 7.18. The first-order valence-electron chi connectivity index (χ1n) is 8.88. The van der Waals surface area contributed by atoms with Gasteiger partial charge < -0.3 is 9.88 Å². The molecule has 0 aliphatic heterocycles. The zero-order valence-electron chi connectivity index (χ0n) is 15.0. The number of benzene rings is 2. The number of para-hydroxylation sites is 1. The Balaban J connectivity index is 1.48. The van der Waals surface area contributed by atoms with Gasteiger partial charge in [0.1, 0.15) is 12.0 Å². The van der Waals surface area contributed by atoms with Crippen molar-refractivity contribution in [3.63, 3.8) is 0 Å². The maximum atomic E-state index is 12.6. The van der Waals surface area contributed by atoms with Crippen LogP contribution in [0.15, 0.2) is 54.2 Å². The Morgan fingerprint density at radius 1 is 1.18 bits per heavy atom. The van der Waals surface area contributed by atoms with Gasteiger partial charge in [0, 0.05) is 39.4 Å². The van der Waals surface area contributed by atoms with Crippen LogP contribution in [0.1, 0.15) is 17.4 Å². The molecule has 2 aromatic carbocycles. The van der Waals surface area contributed by atoms with Gasteiger partial charge in [0.15, 0.2) is 10.8 Å². The van der Waals surface area contributed by atoms with Crippen molar-refractivity contribution in [3.8, 4) is 10.8 Å². The van der Waals surface area contributed by atoms with E-state index in [4.69, 9.17) is 0 Å². The normalized spacial score (nSPS) is 11.3. The molecule has 3 aromatic heterocycles. The molecular formula is C20H16N6OS. The highest BCUT2D eigenvalue weighted by atomic mass is 32.1. The topological polar surface area (TPSA) is 88.5 Å². The van der Waals surface area contributed by atoms with Gasteiger partial charge in [-0.1, -0.05) is 18.2 Å². The molecule has 138 valence electrons. The number of carbonyl (C=O) groups is 1. The Morgan fingerprint density at radius 2 is 2.04 bits per heavy atom. The first-order valence-corrected chi connectivity index (χ1v) is 9.76. The number of rotatable bonds is 4. The Hall–Kier alpha value is -3.52. The Morgan fingerprint density at radius 3 is 2.86 bits per heavy atom. The third-order valence-electron chi connectivity index (χ3n) is 4.70. The lowest BCUT2D eigenvalue weighted by Crippen LogP contribution is -2.12. The van der Waals surface area contributed by atoms with Gasteiger partial charge in [-0.25, -0.2) is 9.97 Å². The monoisotopic (exact) mass is 388 g/mol. The van der Waals surface area contributed by atoms with E-state index in [0.717, 1.165) is 23.1 Å². The number of hydrogen-bond donors (Lipinski definition) is 2. The molecule has 7 nitrogen and oxygen atoms in total. The van der Waals surface area contributed by atoms with Crippen LogP contribution >= 0.6 is 11.3 Å². The van der Waals surface area contributed by atoms with Gasteiger partial charge in [0.2, 0.25) is 0 Å². The van der Waals surface area contributed by atoms with Crippen LogP contribution in [0.3, 0.4) is 0 Å². The molecule has 0 radical (unpaired) electrons. The standard InChI is InChI=1S/C20H16N6OS/c1-2-26-16-6-4-3-5-13(16)14-9-12(7-8-17(14)26)23-19(27)15-10-28-20(24-15)18-21-11-22-25-18/h3-11H,2H2,1H3,(H,23,27)(H,21,22,25). The molecule has 0 fully saturated rings. The van der Waals surface area contributed by atoms with Gasteiger partial charge in [-0.3, -0.25) is 9.89 Å². The lowest BCUT2D eigenvalue weighted by molar-refractivity contribution is 0.102. The minimum atomic E-state index is -0.249. The summed E-state index contributed by atoms with van der Waals surface area (Å²) in [5.74, 6) is 0.304. The maximum Gasteiger partial charge on any atom is 0.275 e. The molecule has 1 amide bonds. The minimum absolute atomic E-state index is 0.249. The van der Waals surface area contributed by atoms with E-state index in [0.29, 0.717) is 16.5 Å². The molecule has 0 unspecified atom stereocenters. The molecule has 5 aromatic rings. The van der Waals surface area contributed by atoms with Crippen molar-refractivity contribution in [1.82, 2.24) is 24.7 Å². The van der Waals surface area contributed by atoms with Crippen LogP contribution in [0.5, 0.6) is 0 Å². The van der Waals surface area contributed by atoms with E-state index < -0.39 is 0 Å². The van der Waals surface area contributed by atoms with Gasteiger partial charge in [0.05, 0.1) is 0 Å². The number of nitrogens with one attached hydrogen (secondary N) is 2. The summed E-state index contributed by atoms with van der Waals surface area (Å²) >= 11 is 1.35. The number of carbonyl (C=O) groups excluding carboxylic acids is 1. The Kier molecular flexibility index (Phi) is 3.91. The van der Waals surface area contributed by atoms with Crippen molar-refractivity contribution in [2.24, 2.45) is 0 Å². The van der Waals surface area contributed by atoms with E-state index in [1.165, 1.54) is 28.6 Å². The zero-order valence-corrected chi connectivity index (χ0v) is 15.8. The second kappa shape index (κ2) is 6.58. The van der Waals surface area contributed by atoms with Crippen LogP contribution < -0.4 is 5.32 Å². The first kappa shape index (κ1) is 16.6. The van der Waals surface area contributed by atoms with Crippen molar-refractivity contribution in [2.45, 2.75) is 13.5 Å². The molecule has 8 heteroatoms. The number of H-pyrrole nitrogens is 1. The van der Waals surface area contributed by atoms with Gasteiger partial charge in [-0.2, -0.15) is 5.10 Å². The van der Waals surface area contributed by atoms with E-state index in [1.54, 1.807) is 5.38 Å². The summed E-state index contributed by atoms with van der Waals surface area (Å²) in [4.78, 5) is 21.1. The van der Waals surface area contributed by atoms with Crippen molar-refractivity contribution < 1.29 is 4.79 Å². The fourth-order valence-corrected chi connectivity index (χ4v) is 4.21. The number of thiazole rings is 1. The highest BCUT2D eigenvalue weighted by Gasteiger charge is 2.15. The molecule has 0 atom stereocenters. The van der Waals surface area contributed by atoms with Crippen LogP contribution in [-0.4, -0.2) is 30.6 Å². The molecular weight excluding hydrogens is 372 g/mol. The van der Waals surface area contributed by atoms with Gasteiger partial charge in [-0.05, 0) is 31.2 Å². The van der Waals surface area contributed by atoms with Crippen molar-refractivity contribution >= 4 is 44.7 Å². The summed E-state index contributed by atoms with van der Waals surface area (Å²) in [6.07, 6.45) is 1.42. The third-order valence-corrected chi connectivity index (χ3v) is 5.55. The number of aryl methyl sites for hydroxylation is 1. The molecule has 28 heavy (non-hydrogen) atoms. The molecule has 0 saturated carbocycles. The molecule has 5 rings (SSSR count). The lowest BCUT2D eigenvalue weighted by atomic mass is 10.1. The summed E-state index contributed by atoms with van der Waals surface area (Å²) in [5.41, 5.74) is 3.45. The molecule has 0 aliphatic carbocycles. The molecule has 0 bridgehead atoms. The predicted octanol–water partition coefficient (Wildman–Crippen LogP) is 4.31. The van der Waals surface area contributed by atoms with Gasteiger partial charge >= 0.3 is 0 Å². The van der Waals surface area contributed by atoms with E-state index in [-0.39, 0.29) is 5.91 Å². The number of aromatic amines is 1. The molecule has 2 N–H and O–H groups in total. The Bertz CT molecular complexity index is 1300. The van der Waals surface area contributed by atoms with E-state index >= 15 is 0 Å². The van der Waals surface area contributed by atoms with Crippen molar-refractivity contribution in [3.05, 3.63) is 59.9 Å². The van der Waals surface area contributed by atoms with E-state index in [1.807, 2.05) is 24.3 Å². The van der Waals surface area contributed by atoms with Crippen LogP contribution in [0.25, 0.3) is 32.6 Å². The number of hydrogen-bond acceptors (Lipinski definition) is 5. The van der Waals surface area contributed by atoms with Crippen LogP contribution in [0.4, 0.5) is 5.69 Å². The van der Waals surface area contributed by atoms with E-state index in [9.17, 15) is 4.79 Å². The number of fused-ring (bicyclic) bond motifs is 3. The number of amides is 1. The van der Waals surface area contributed by atoms with Crippen molar-refractivity contribution in [1.29, 1.82) is 0 Å². The quantitative estimate of drug-likeness (QED) is 0.480. The number of anilines is 1. The summed E-state index contributed by atoms with van der Waals surface area (Å²) in [6, 6.07) is 14.3. The van der Waals surface area contributed by atoms with E-state index in [2.05, 4.69) is 55.2 Å². The van der Waals surface area contributed by atoms with Crippen LogP contribution in [-0.2, 0) is 6.54 Å². The second-order valence-electron chi connectivity index (χ2n) is 6.32. The zero-order chi connectivity index (χ0) is 19.1. The summed E-state index contributed by atoms with van der Waals surface area (Å²) in [6.45, 7) is 3.02. The third kappa shape index (κ3) is 2.66. The SMILES string of the molecule is CCn1c2ccccc2c2cc(NC(=O)c3csc(-c4ncn[nH]4)n3)ccc21. The molecule has 3 heterocycles. The van der Waals surface area contributed by atoms with Crippen LogP contribution in [0.2, 0.25) is 0 Å². The molecule has 0 spiro atoms. The highest BCUT2D eigenvalue weighted by molar-refractivity contribution is 7.13. The largest absolute Gasteiger partial charge is 0.341 e. The Labute approximate surface area is 164 Å². The molecule has 0 saturated heterocycles. The van der Waals surface area contributed by atoms with Gasteiger partial charge in [-0.15, -0.1) is 11.3 Å². The summed E-state index contributed by atoms with van der Waals surface area (Å²) < 4.78 is 2.28. The highest BCUT2D eigenvalue weighted by Crippen LogP contribution is 2.31. The maximum absolute atomic E-state index is 12.6. The minimum Gasteiger partial charge on any atom is -0.341 e. The summed E-state index contributed by atoms with van der Waals surface area (Å²) in [5, 5.41) is 14.2. The smallest absolute Gasteiger partial charge is 0.275 e. The van der Waals surface area contributed by atoms with Crippen molar-refractivity contribution in [2.75, 3.05) is 5.32 Å². The van der Waals surface area contributed by atoms with Crippen LogP contribution in [0, 0.1) is 0 Å². The lowest BCUT2D eigenvalue weighted by Gasteiger charge is -2.05. The fourth-order valence-electron chi connectivity index (χ4n) is 3.46. The number of nitrogens with zero attached hydrogens (tertiary/aromatic N) is 4. The molecule has 0 aliphatic rings. The first-order chi connectivity index (χ1) is 13.7. The summed E-state index contributed by atoms with van der Waals surface area (Å²) in [7, 11) is 0. The average molecular weight is 388 g/mol. The predicted molar refractivity (Wildman–Crippen MR) is 111 cm³/mol. The van der Waals surface area contributed by atoms with Gasteiger partial charge in [0.25, 0.3) is 5.91 Å². The fraction of sp³-hybridized carbons (Fsp3) is 0.100.